The Kier molecular flexibility index (Phi) is 4.54. The van der Waals surface area contributed by atoms with Gasteiger partial charge in [-0.2, -0.15) is 0 Å². The number of carbonyl (C=O) groups excluding carboxylic acids is 1. The second kappa shape index (κ2) is 7.31. The van der Waals surface area contributed by atoms with Crippen molar-refractivity contribution in [3.8, 4) is 0 Å². The van der Waals surface area contributed by atoms with E-state index in [9.17, 15) is 14.7 Å². The fourth-order valence-corrected chi connectivity index (χ4v) is 5.96. The lowest BCUT2D eigenvalue weighted by Crippen LogP contribution is -2.53. The van der Waals surface area contributed by atoms with Crippen LogP contribution in [0.1, 0.15) is 55.2 Å². The van der Waals surface area contributed by atoms with E-state index in [0.29, 0.717) is 25.6 Å². The summed E-state index contributed by atoms with van der Waals surface area (Å²) in [4.78, 5) is 35.2. The minimum Gasteiger partial charge on any atom is -0.391 e. The highest BCUT2D eigenvalue weighted by molar-refractivity contribution is 5.81. The Morgan fingerprint density at radius 1 is 1.16 bits per heavy atom. The van der Waals surface area contributed by atoms with Gasteiger partial charge >= 0.3 is 0 Å². The summed E-state index contributed by atoms with van der Waals surface area (Å²) in [7, 11) is 0. The van der Waals surface area contributed by atoms with Crippen molar-refractivity contribution in [3.63, 3.8) is 0 Å². The number of piperidine rings is 1. The smallest absolute Gasteiger partial charge is 0.251 e. The van der Waals surface area contributed by atoms with Gasteiger partial charge < -0.3 is 14.6 Å². The Morgan fingerprint density at radius 2 is 2.03 bits per heavy atom. The number of hydrogen-bond acceptors (Lipinski definition) is 5. The molecule has 6 rings (SSSR count). The molecule has 0 spiro atoms. The number of nitrogens with zero attached hydrogens (tertiary/aromatic N) is 5. The molecule has 0 unspecified atom stereocenters. The molecule has 8 heteroatoms. The number of amides is 1. The lowest BCUT2D eigenvalue weighted by atomic mass is 9.78. The van der Waals surface area contributed by atoms with E-state index in [0.717, 1.165) is 37.6 Å². The number of likely N-dealkylation sites (tertiary alicyclic amines) is 2. The predicted molar refractivity (Wildman–Crippen MR) is 114 cm³/mol. The monoisotopic (exact) mass is 423 g/mol. The third kappa shape index (κ3) is 3.32. The van der Waals surface area contributed by atoms with Crippen molar-refractivity contribution in [1.29, 1.82) is 0 Å². The fraction of sp³-hybridized carbons (Fsp3) is 0.609. The first-order valence-corrected chi connectivity index (χ1v) is 11.5. The van der Waals surface area contributed by atoms with Crippen LogP contribution < -0.4 is 5.56 Å². The van der Waals surface area contributed by atoms with Crippen LogP contribution in [0, 0.1) is 5.92 Å². The van der Waals surface area contributed by atoms with Gasteiger partial charge in [0.05, 0.1) is 12.6 Å². The third-order valence-corrected chi connectivity index (χ3v) is 7.51. The summed E-state index contributed by atoms with van der Waals surface area (Å²) in [6.07, 6.45) is 7.49. The van der Waals surface area contributed by atoms with Gasteiger partial charge in [0.15, 0.2) is 0 Å². The van der Waals surface area contributed by atoms with E-state index in [1.807, 2.05) is 18.3 Å². The Morgan fingerprint density at radius 3 is 2.81 bits per heavy atom. The summed E-state index contributed by atoms with van der Waals surface area (Å²) in [5.41, 5.74) is 0.875. The molecule has 1 aliphatic carbocycles. The summed E-state index contributed by atoms with van der Waals surface area (Å²) in [6, 6.07) is 5.49. The van der Waals surface area contributed by atoms with Gasteiger partial charge in [0.2, 0.25) is 5.91 Å². The normalized spacial score (nSPS) is 30.4. The maximum absolute atomic E-state index is 13.6. The first kappa shape index (κ1) is 19.3. The average molecular weight is 424 g/mol. The number of rotatable bonds is 4. The number of aromatic nitrogens is 3. The molecular formula is C23H29N5O3. The molecule has 3 fully saturated rings. The molecule has 4 aliphatic rings. The van der Waals surface area contributed by atoms with E-state index in [4.69, 9.17) is 0 Å². The molecule has 2 aromatic heterocycles. The molecule has 0 radical (unpaired) electrons. The topological polar surface area (TPSA) is 83.6 Å². The number of fused-ring (bicyclic) bond motifs is 4. The van der Waals surface area contributed by atoms with Gasteiger partial charge in [-0.25, -0.2) is 4.98 Å². The number of aliphatic hydroxyl groups is 1. The van der Waals surface area contributed by atoms with Crippen LogP contribution in [0.3, 0.4) is 0 Å². The van der Waals surface area contributed by atoms with Crippen LogP contribution >= 0.6 is 0 Å². The molecule has 2 bridgehead atoms. The summed E-state index contributed by atoms with van der Waals surface area (Å²) >= 11 is 0. The second-order valence-electron chi connectivity index (χ2n) is 9.70. The average Bonchev–Trinajstić information content (AvgIpc) is 3.34. The zero-order chi connectivity index (χ0) is 21.1. The number of hydrogen-bond donors (Lipinski definition) is 1. The molecule has 4 atom stereocenters. The van der Waals surface area contributed by atoms with Crippen LogP contribution in [0.2, 0.25) is 0 Å². The SMILES string of the molecule is O=C([C@H]1[C@H]2C[C@H](CN(Cc3nccn3C3CC3)C2)c2cccc(=O)n21)N1CC[C@@H](O)C1. The third-order valence-electron chi connectivity index (χ3n) is 7.51. The van der Waals surface area contributed by atoms with Gasteiger partial charge in [0, 0.05) is 68.2 Å². The van der Waals surface area contributed by atoms with E-state index in [2.05, 4.69) is 20.6 Å². The van der Waals surface area contributed by atoms with Crippen molar-refractivity contribution in [2.45, 2.75) is 56.3 Å². The highest BCUT2D eigenvalue weighted by Crippen LogP contribution is 2.43. The van der Waals surface area contributed by atoms with Gasteiger partial charge in [-0.1, -0.05) is 6.07 Å². The van der Waals surface area contributed by atoms with Crippen molar-refractivity contribution >= 4 is 5.91 Å². The highest BCUT2D eigenvalue weighted by atomic mass is 16.3. The number of aliphatic hydroxyl groups excluding tert-OH is 1. The van der Waals surface area contributed by atoms with Crippen molar-refractivity contribution in [1.82, 2.24) is 23.9 Å². The summed E-state index contributed by atoms with van der Waals surface area (Å²) in [5.74, 6) is 1.40. The lowest BCUT2D eigenvalue weighted by Gasteiger charge is -2.47. The molecule has 2 aromatic rings. The quantitative estimate of drug-likeness (QED) is 0.797. The van der Waals surface area contributed by atoms with Gasteiger partial charge in [0.25, 0.3) is 5.56 Å². The van der Waals surface area contributed by atoms with Crippen LogP contribution in [0.25, 0.3) is 0 Å². The molecule has 31 heavy (non-hydrogen) atoms. The standard InChI is InChI=1S/C23H29N5O3/c29-18-6-8-26(13-18)23(31)22-16-10-15(19-2-1-3-21(30)28(19)22)11-25(12-16)14-20-24-7-9-27(20)17-4-5-17/h1-3,7,9,15-18,22,29H,4-6,8,10-14H2/t15-,16+,18-,22-/m1/s1. The number of pyridine rings is 1. The minimum absolute atomic E-state index is 0.0177. The van der Waals surface area contributed by atoms with Crippen LogP contribution in [0.15, 0.2) is 35.4 Å². The molecule has 0 aromatic carbocycles. The van der Waals surface area contributed by atoms with E-state index < -0.39 is 12.1 Å². The molecule has 1 amide bonds. The van der Waals surface area contributed by atoms with E-state index in [1.54, 1.807) is 15.5 Å². The van der Waals surface area contributed by atoms with Gasteiger partial charge in [-0.05, 0) is 31.7 Å². The van der Waals surface area contributed by atoms with E-state index in [-0.39, 0.29) is 23.3 Å². The maximum atomic E-state index is 13.6. The van der Waals surface area contributed by atoms with Gasteiger partial charge in [-0.15, -0.1) is 0 Å². The molecule has 5 heterocycles. The van der Waals surface area contributed by atoms with Crippen LogP contribution in [0.5, 0.6) is 0 Å². The second-order valence-corrected chi connectivity index (χ2v) is 9.70. The van der Waals surface area contributed by atoms with Crippen LogP contribution in [0.4, 0.5) is 0 Å². The van der Waals surface area contributed by atoms with E-state index in [1.165, 1.54) is 12.8 Å². The van der Waals surface area contributed by atoms with E-state index >= 15 is 0 Å². The summed E-state index contributed by atoms with van der Waals surface area (Å²) in [5, 5.41) is 9.95. The molecule has 1 saturated carbocycles. The van der Waals surface area contributed by atoms with Gasteiger partial charge in [-0.3, -0.25) is 19.1 Å². The number of β-amino-alcohol motifs (C(OH)–C–C–N with tert-alkyl or cyclic N) is 1. The number of carbonyl (C=O) groups is 1. The Hall–Kier alpha value is -2.45. The highest BCUT2D eigenvalue weighted by Gasteiger charge is 2.45. The molecule has 8 nitrogen and oxygen atoms in total. The lowest BCUT2D eigenvalue weighted by molar-refractivity contribution is -0.137. The molecule has 3 aliphatic heterocycles. The first-order chi connectivity index (χ1) is 15.1. The van der Waals surface area contributed by atoms with Crippen molar-refractivity contribution < 1.29 is 9.90 Å². The summed E-state index contributed by atoms with van der Waals surface area (Å²) in [6.45, 7) is 3.36. The Balaban J connectivity index is 1.32. The van der Waals surface area contributed by atoms with Crippen molar-refractivity contribution in [2.24, 2.45) is 5.92 Å². The van der Waals surface area contributed by atoms with Crippen molar-refractivity contribution in [2.75, 3.05) is 26.2 Å². The maximum Gasteiger partial charge on any atom is 0.251 e. The minimum atomic E-state index is -0.490. The van der Waals surface area contributed by atoms with Crippen molar-refractivity contribution in [3.05, 3.63) is 52.5 Å². The number of imidazole rings is 1. The largest absolute Gasteiger partial charge is 0.391 e. The summed E-state index contributed by atoms with van der Waals surface area (Å²) < 4.78 is 4.06. The zero-order valence-corrected chi connectivity index (χ0v) is 17.6. The Bertz CT molecular complexity index is 1060. The molecular weight excluding hydrogens is 394 g/mol. The molecule has 1 N–H and O–H groups in total. The van der Waals surface area contributed by atoms with Crippen LogP contribution in [-0.4, -0.2) is 67.2 Å². The zero-order valence-electron chi connectivity index (χ0n) is 17.6. The Labute approximate surface area is 181 Å². The van der Waals surface area contributed by atoms with Crippen LogP contribution in [-0.2, 0) is 11.3 Å². The first-order valence-electron chi connectivity index (χ1n) is 11.5. The van der Waals surface area contributed by atoms with Gasteiger partial charge in [0.1, 0.15) is 11.9 Å². The predicted octanol–water partition coefficient (Wildman–Crippen LogP) is 1.13. The fourth-order valence-electron chi connectivity index (χ4n) is 5.96. The molecule has 2 saturated heterocycles. The molecule has 164 valence electrons.